The van der Waals surface area contributed by atoms with Gasteiger partial charge in [-0.25, -0.2) is 0 Å². The minimum atomic E-state index is 0.450. The van der Waals surface area contributed by atoms with Gasteiger partial charge < -0.3 is 10.6 Å². The van der Waals surface area contributed by atoms with Gasteiger partial charge in [-0.15, -0.1) is 0 Å². The van der Waals surface area contributed by atoms with E-state index in [-0.39, 0.29) is 0 Å². The van der Waals surface area contributed by atoms with Crippen LogP contribution in [0.15, 0.2) is 24.3 Å². The Morgan fingerprint density at radius 2 is 2.19 bits per heavy atom. The summed E-state index contributed by atoms with van der Waals surface area (Å²) in [6.07, 6.45) is 2.58. The van der Waals surface area contributed by atoms with E-state index in [9.17, 15) is 0 Å². The van der Waals surface area contributed by atoms with E-state index in [1.165, 1.54) is 30.5 Å². The van der Waals surface area contributed by atoms with Crippen molar-refractivity contribution >= 4 is 0 Å². The van der Waals surface area contributed by atoms with Gasteiger partial charge in [-0.2, -0.15) is 0 Å². The smallest absolute Gasteiger partial charge is 0.0297 e. The van der Waals surface area contributed by atoms with E-state index >= 15 is 0 Å². The second-order valence-electron chi connectivity index (χ2n) is 4.79. The Hall–Kier alpha value is -0.860. The molecule has 2 rings (SSSR count). The van der Waals surface area contributed by atoms with Crippen molar-refractivity contribution < 1.29 is 0 Å². The van der Waals surface area contributed by atoms with Crippen LogP contribution in [0.25, 0.3) is 0 Å². The molecule has 2 nitrogen and oxygen atoms in total. The lowest BCUT2D eigenvalue weighted by Gasteiger charge is -2.28. The molecule has 2 unspecified atom stereocenters. The highest BCUT2D eigenvalue weighted by atomic mass is 15.0. The minimum Gasteiger partial charge on any atom is -0.315 e. The molecule has 1 fully saturated rings. The summed E-state index contributed by atoms with van der Waals surface area (Å²) >= 11 is 0. The molecule has 1 saturated heterocycles. The molecule has 88 valence electrons. The Labute approximate surface area is 98.4 Å². The van der Waals surface area contributed by atoms with E-state index in [1.54, 1.807) is 0 Å². The van der Waals surface area contributed by atoms with Crippen LogP contribution in [0.5, 0.6) is 0 Å². The van der Waals surface area contributed by atoms with E-state index in [1.807, 2.05) is 0 Å². The van der Waals surface area contributed by atoms with Crippen molar-refractivity contribution in [1.82, 2.24) is 10.6 Å². The van der Waals surface area contributed by atoms with Crippen molar-refractivity contribution in [3.8, 4) is 0 Å². The zero-order valence-corrected chi connectivity index (χ0v) is 10.3. The van der Waals surface area contributed by atoms with E-state index < -0.39 is 0 Å². The summed E-state index contributed by atoms with van der Waals surface area (Å²) < 4.78 is 0. The van der Waals surface area contributed by atoms with Crippen LogP contribution in [-0.2, 0) is 0 Å². The van der Waals surface area contributed by atoms with E-state index in [2.05, 4.69) is 48.7 Å². The van der Waals surface area contributed by atoms with Gasteiger partial charge in [0.15, 0.2) is 0 Å². The summed E-state index contributed by atoms with van der Waals surface area (Å²) in [5, 5.41) is 7.16. The Morgan fingerprint density at radius 1 is 1.38 bits per heavy atom. The van der Waals surface area contributed by atoms with Gasteiger partial charge in [0.1, 0.15) is 0 Å². The third-order valence-corrected chi connectivity index (χ3v) is 3.44. The molecular weight excluding hydrogens is 196 g/mol. The highest BCUT2D eigenvalue weighted by Crippen LogP contribution is 2.18. The number of benzene rings is 1. The Bertz CT molecular complexity index is 329. The molecule has 1 aliphatic rings. The van der Waals surface area contributed by atoms with Crippen LogP contribution in [0, 0.1) is 6.92 Å². The Balaban J connectivity index is 1.96. The SMILES string of the molecule is Cc1ccccc1C(C)NC1CCCNC1. The molecule has 1 aromatic rings. The van der Waals surface area contributed by atoms with Crippen molar-refractivity contribution in [1.29, 1.82) is 0 Å². The van der Waals surface area contributed by atoms with Crippen LogP contribution < -0.4 is 10.6 Å². The monoisotopic (exact) mass is 218 g/mol. The van der Waals surface area contributed by atoms with Crippen LogP contribution in [0.3, 0.4) is 0 Å². The third-order valence-electron chi connectivity index (χ3n) is 3.44. The summed E-state index contributed by atoms with van der Waals surface area (Å²) in [6.45, 7) is 6.73. The van der Waals surface area contributed by atoms with Gasteiger partial charge in [0, 0.05) is 18.6 Å². The summed E-state index contributed by atoms with van der Waals surface area (Å²) in [5.41, 5.74) is 2.80. The Morgan fingerprint density at radius 3 is 2.88 bits per heavy atom. The van der Waals surface area contributed by atoms with Crippen LogP contribution in [0.4, 0.5) is 0 Å². The maximum absolute atomic E-state index is 3.71. The van der Waals surface area contributed by atoms with Gasteiger partial charge in [-0.3, -0.25) is 0 Å². The topological polar surface area (TPSA) is 24.1 Å². The standard InChI is InChI=1S/C14H22N2/c1-11-6-3-4-8-14(11)12(2)16-13-7-5-9-15-10-13/h3-4,6,8,12-13,15-16H,5,7,9-10H2,1-2H3. The fourth-order valence-corrected chi connectivity index (χ4v) is 2.51. The molecule has 0 spiro atoms. The molecule has 0 radical (unpaired) electrons. The summed E-state index contributed by atoms with van der Waals surface area (Å²) in [6, 6.07) is 9.72. The van der Waals surface area contributed by atoms with Gasteiger partial charge >= 0.3 is 0 Å². The van der Waals surface area contributed by atoms with Crippen LogP contribution in [-0.4, -0.2) is 19.1 Å². The predicted molar refractivity (Wildman–Crippen MR) is 68.6 cm³/mol. The van der Waals surface area contributed by atoms with Gasteiger partial charge in [0.25, 0.3) is 0 Å². The molecule has 0 aromatic heterocycles. The van der Waals surface area contributed by atoms with Crippen molar-refractivity contribution in [2.24, 2.45) is 0 Å². The average molecular weight is 218 g/mol. The molecule has 0 bridgehead atoms. The summed E-state index contributed by atoms with van der Waals surface area (Å²) in [4.78, 5) is 0. The largest absolute Gasteiger partial charge is 0.315 e. The number of piperidine rings is 1. The number of hydrogen-bond donors (Lipinski definition) is 2. The first-order valence-corrected chi connectivity index (χ1v) is 6.29. The predicted octanol–water partition coefficient (Wildman–Crippen LogP) is 2.40. The van der Waals surface area contributed by atoms with E-state index in [4.69, 9.17) is 0 Å². The second kappa shape index (κ2) is 5.46. The molecule has 2 atom stereocenters. The van der Waals surface area contributed by atoms with Crippen LogP contribution in [0.1, 0.15) is 36.9 Å². The number of rotatable bonds is 3. The third kappa shape index (κ3) is 2.83. The fraction of sp³-hybridized carbons (Fsp3) is 0.571. The van der Waals surface area contributed by atoms with Gasteiger partial charge in [-0.1, -0.05) is 24.3 Å². The van der Waals surface area contributed by atoms with Crippen molar-refractivity contribution in [2.45, 2.75) is 38.8 Å². The zero-order chi connectivity index (χ0) is 11.4. The number of aryl methyl sites for hydroxylation is 1. The van der Waals surface area contributed by atoms with Crippen LogP contribution >= 0.6 is 0 Å². The van der Waals surface area contributed by atoms with E-state index in [0.29, 0.717) is 12.1 Å². The number of nitrogens with one attached hydrogen (secondary N) is 2. The maximum Gasteiger partial charge on any atom is 0.0297 e. The molecule has 1 aromatic carbocycles. The minimum absolute atomic E-state index is 0.450. The molecule has 2 heteroatoms. The molecule has 0 amide bonds. The molecule has 1 aliphatic heterocycles. The quantitative estimate of drug-likeness (QED) is 0.814. The van der Waals surface area contributed by atoms with Crippen molar-refractivity contribution in [2.75, 3.05) is 13.1 Å². The van der Waals surface area contributed by atoms with Gasteiger partial charge in [0.2, 0.25) is 0 Å². The lowest BCUT2D eigenvalue weighted by atomic mass is 10.00. The average Bonchev–Trinajstić information content (AvgIpc) is 2.31. The second-order valence-corrected chi connectivity index (χ2v) is 4.79. The molecular formula is C14H22N2. The first-order valence-electron chi connectivity index (χ1n) is 6.29. The highest BCUT2D eigenvalue weighted by Gasteiger charge is 2.16. The summed E-state index contributed by atoms with van der Waals surface area (Å²) in [5.74, 6) is 0. The lowest BCUT2D eigenvalue weighted by Crippen LogP contribution is -2.44. The first kappa shape index (κ1) is 11.6. The van der Waals surface area contributed by atoms with Gasteiger partial charge in [0.05, 0.1) is 0 Å². The molecule has 16 heavy (non-hydrogen) atoms. The summed E-state index contributed by atoms with van der Waals surface area (Å²) in [7, 11) is 0. The molecule has 2 N–H and O–H groups in total. The fourth-order valence-electron chi connectivity index (χ4n) is 2.51. The normalized spacial score (nSPS) is 23.0. The zero-order valence-electron chi connectivity index (χ0n) is 10.3. The first-order chi connectivity index (χ1) is 7.77. The highest BCUT2D eigenvalue weighted by molar-refractivity contribution is 5.28. The van der Waals surface area contributed by atoms with Crippen molar-refractivity contribution in [3.05, 3.63) is 35.4 Å². The lowest BCUT2D eigenvalue weighted by molar-refractivity contribution is 0.361. The van der Waals surface area contributed by atoms with Crippen molar-refractivity contribution in [3.63, 3.8) is 0 Å². The van der Waals surface area contributed by atoms with Gasteiger partial charge in [-0.05, 0) is 44.4 Å². The molecule has 1 heterocycles. The maximum atomic E-state index is 3.71. The van der Waals surface area contributed by atoms with E-state index in [0.717, 1.165) is 6.54 Å². The van der Waals surface area contributed by atoms with Crippen LogP contribution in [0.2, 0.25) is 0 Å². The number of hydrogen-bond acceptors (Lipinski definition) is 2. The molecule has 0 aliphatic carbocycles. The Kier molecular flexibility index (Phi) is 3.97. The molecule has 0 saturated carbocycles.